The Bertz CT molecular complexity index is 821. The van der Waals surface area contributed by atoms with Crippen molar-refractivity contribution in [2.24, 2.45) is 0 Å². The lowest BCUT2D eigenvalue weighted by Gasteiger charge is -2.25. The topological polar surface area (TPSA) is 64.4 Å². The molecule has 25 heavy (non-hydrogen) atoms. The van der Waals surface area contributed by atoms with Crippen molar-refractivity contribution in [2.45, 2.75) is 36.6 Å². The van der Waals surface area contributed by atoms with Crippen molar-refractivity contribution in [1.82, 2.24) is 14.1 Å². The smallest absolute Gasteiger partial charge is 0.246 e. The molecular weight excluding hydrogens is 338 g/mol. The van der Waals surface area contributed by atoms with Gasteiger partial charge in [0, 0.05) is 24.8 Å². The maximum atomic E-state index is 13.2. The highest BCUT2D eigenvalue weighted by Gasteiger charge is 2.32. The number of hydrogen-bond donors (Lipinski definition) is 0. The Hall–Kier alpha value is -1.70. The van der Waals surface area contributed by atoms with Crippen LogP contribution in [0, 0.1) is 0 Å². The summed E-state index contributed by atoms with van der Waals surface area (Å²) in [5.74, 6) is 0. The molecule has 0 radical (unpaired) electrons. The molecule has 1 aliphatic carbocycles. The van der Waals surface area contributed by atoms with Crippen molar-refractivity contribution in [3.05, 3.63) is 36.5 Å². The quantitative estimate of drug-likeness (QED) is 0.840. The van der Waals surface area contributed by atoms with Gasteiger partial charge in [-0.1, -0.05) is 43.2 Å². The van der Waals surface area contributed by atoms with E-state index in [0.29, 0.717) is 42.9 Å². The summed E-state index contributed by atoms with van der Waals surface area (Å²) in [6.07, 6.45) is 6.22. The van der Waals surface area contributed by atoms with E-state index < -0.39 is 10.0 Å². The maximum absolute atomic E-state index is 13.2. The Morgan fingerprint density at radius 3 is 2.40 bits per heavy atom. The molecule has 134 valence electrons. The zero-order valence-electron chi connectivity index (χ0n) is 14.2. The minimum Gasteiger partial charge on any atom is -0.379 e. The molecule has 0 spiro atoms. The molecule has 2 fully saturated rings. The molecule has 1 aliphatic heterocycles. The average molecular weight is 361 g/mol. The van der Waals surface area contributed by atoms with Gasteiger partial charge in [0.2, 0.25) is 10.0 Å². The van der Waals surface area contributed by atoms with Crippen LogP contribution in [0.25, 0.3) is 11.3 Å². The average Bonchev–Trinajstić information content (AvgIpc) is 3.33. The van der Waals surface area contributed by atoms with Gasteiger partial charge in [0.05, 0.1) is 19.3 Å². The van der Waals surface area contributed by atoms with Crippen LogP contribution in [0.1, 0.15) is 31.7 Å². The van der Waals surface area contributed by atoms with Gasteiger partial charge in [-0.2, -0.15) is 9.40 Å². The van der Waals surface area contributed by atoms with Crippen molar-refractivity contribution in [3.63, 3.8) is 0 Å². The summed E-state index contributed by atoms with van der Waals surface area (Å²) in [4.78, 5) is 0.312. The monoisotopic (exact) mass is 361 g/mol. The van der Waals surface area contributed by atoms with E-state index in [4.69, 9.17) is 9.84 Å². The highest BCUT2D eigenvalue weighted by atomic mass is 32.2. The SMILES string of the molecule is O=S(=O)(c1cn(C2CCCC2)nc1-c1ccccc1)N1CCOCC1. The molecule has 2 heterocycles. The molecular formula is C18H23N3O3S. The lowest BCUT2D eigenvalue weighted by Crippen LogP contribution is -2.40. The zero-order chi connectivity index (χ0) is 17.3. The van der Waals surface area contributed by atoms with Gasteiger partial charge in [-0.3, -0.25) is 4.68 Å². The van der Waals surface area contributed by atoms with Crippen molar-refractivity contribution >= 4 is 10.0 Å². The molecule has 1 saturated carbocycles. The van der Waals surface area contributed by atoms with Gasteiger partial charge >= 0.3 is 0 Å². The first-order valence-electron chi connectivity index (χ1n) is 8.89. The second kappa shape index (κ2) is 6.90. The summed E-state index contributed by atoms with van der Waals surface area (Å²) < 4.78 is 35.1. The Morgan fingerprint density at radius 1 is 1.04 bits per heavy atom. The number of ether oxygens (including phenoxy) is 1. The lowest BCUT2D eigenvalue weighted by molar-refractivity contribution is 0.0730. The Kier molecular flexibility index (Phi) is 4.62. The third-order valence-corrected chi connectivity index (χ3v) is 6.93. The molecule has 2 aliphatic rings. The van der Waals surface area contributed by atoms with E-state index in [0.717, 1.165) is 18.4 Å². The Morgan fingerprint density at radius 2 is 1.72 bits per heavy atom. The highest BCUT2D eigenvalue weighted by molar-refractivity contribution is 7.89. The van der Waals surface area contributed by atoms with Gasteiger partial charge < -0.3 is 4.74 Å². The summed E-state index contributed by atoms with van der Waals surface area (Å²) in [7, 11) is -3.58. The molecule has 0 amide bonds. The highest BCUT2D eigenvalue weighted by Crippen LogP contribution is 2.34. The summed E-state index contributed by atoms with van der Waals surface area (Å²) >= 11 is 0. The maximum Gasteiger partial charge on any atom is 0.246 e. The van der Waals surface area contributed by atoms with Gasteiger partial charge in [-0.25, -0.2) is 8.42 Å². The van der Waals surface area contributed by atoms with Crippen LogP contribution in [-0.4, -0.2) is 48.8 Å². The molecule has 0 atom stereocenters. The predicted octanol–water partition coefficient (Wildman–Crippen LogP) is 2.69. The Balaban J connectivity index is 1.79. The summed E-state index contributed by atoms with van der Waals surface area (Å²) in [5, 5.41) is 4.70. The van der Waals surface area contributed by atoms with E-state index in [1.54, 1.807) is 6.20 Å². The van der Waals surface area contributed by atoms with Crippen LogP contribution in [0.15, 0.2) is 41.4 Å². The molecule has 6 nitrogen and oxygen atoms in total. The summed E-state index contributed by atoms with van der Waals surface area (Å²) in [6.45, 7) is 1.67. The summed E-state index contributed by atoms with van der Waals surface area (Å²) in [5.41, 5.74) is 1.39. The van der Waals surface area contributed by atoms with Crippen LogP contribution in [0.4, 0.5) is 0 Å². The number of benzene rings is 1. The molecule has 4 rings (SSSR count). The first-order chi connectivity index (χ1) is 12.2. The summed E-state index contributed by atoms with van der Waals surface area (Å²) in [6, 6.07) is 9.88. The first-order valence-corrected chi connectivity index (χ1v) is 10.3. The van der Waals surface area contributed by atoms with Gasteiger partial charge in [0.1, 0.15) is 10.6 Å². The van der Waals surface area contributed by atoms with Crippen LogP contribution >= 0.6 is 0 Å². The fourth-order valence-corrected chi connectivity index (χ4v) is 5.19. The third kappa shape index (κ3) is 3.23. The van der Waals surface area contributed by atoms with E-state index in [9.17, 15) is 8.42 Å². The molecule has 0 N–H and O–H groups in total. The fourth-order valence-electron chi connectivity index (χ4n) is 3.64. The van der Waals surface area contributed by atoms with Gasteiger partial charge in [-0.15, -0.1) is 0 Å². The van der Waals surface area contributed by atoms with E-state index in [1.165, 1.54) is 17.1 Å². The van der Waals surface area contributed by atoms with E-state index >= 15 is 0 Å². The fraction of sp³-hybridized carbons (Fsp3) is 0.500. The van der Waals surface area contributed by atoms with Gasteiger partial charge in [0.25, 0.3) is 0 Å². The first kappa shape index (κ1) is 16.8. The number of hydrogen-bond acceptors (Lipinski definition) is 4. The minimum absolute atomic E-state index is 0.302. The largest absolute Gasteiger partial charge is 0.379 e. The van der Waals surface area contributed by atoms with E-state index in [2.05, 4.69) is 0 Å². The normalized spacial score (nSPS) is 20.2. The van der Waals surface area contributed by atoms with E-state index in [-0.39, 0.29) is 0 Å². The minimum atomic E-state index is -3.58. The predicted molar refractivity (Wildman–Crippen MR) is 94.7 cm³/mol. The second-order valence-electron chi connectivity index (χ2n) is 6.64. The van der Waals surface area contributed by atoms with Crippen LogP contribution in [0.3, 0.4) is 0 Å². The second-order valence-corrected chi connectivity index (χ2v) is 8.55. The van der Waals surface area contributed by atoms with Crippen molar-refractivity contribution < 1.29 is 13.2 Å². The third-order valence-electron chi connectivity index (χ3n) is 5.03. The molecule has 7 heteroatoms. The molecule has 1 aromatic heterocycles. The van der Waals surface area contributed by atoms with E-state index in [1.807, 2.05) is 35.0 Å². The lowest BCUT2D eigenvalue weighted by atomic mass is 10.2. The molecule has 1 aromatic carbocycles. The molecule has 1 saturated heterocycles. The van der Waals surface area contributed by atoms with Gasteiger partial charge in [-0.05, 0) is 12.8 Å². The number of nitrogens with zero attached hydrogens (tertiary/aromatic N) is 3. The number of morpholine rings is 1. The number of rotatable bonds is 4. The standard InChI is InChI=1S/C18H23N3O3S/c22-25(23,20-10-12-24-13-11-20)17-14-21(16-8-4-5-9-16)19-18(17)15-6-2-1-3-7-15/h1-3,6-7,14,16H,4-5,8-13H2. The van der Waals surface area contributed by atoms with Crippen LogP contribution in [-0.2, 0) is 14.8 Å². The van der Waals surface area contributed by atoms with Crippen molar-refractivity contribution in [3.8, 4) is 11.3 Å². The van der Waals surface area contributed by atoms with Gasteiger partial charge in [0.15, 0.2) is 0 Å². The van der Waals surface area contributed by atoms with Crippen LogP contribution in [0.2, 0.25) is 0 Å². The van der Waals surface area contributed by atoms with Crippen molar-refractivity contribution in [2.75, 3.05) is 26.3 Å². The van der Waals surface area contributed by atoms with Crippen molar-refractivity contribution in [1.29, 1.82) is 0 Å². The molecule has 0 unspecified atom stereocenters. The number of sulfonamides is 1. The van der Waals surface area contributed by atoms with Crippen LogP contribution in [0.5, 0.6) is 0 Å². The Labute approximate surface area is 148 Å². The molecule has 2 aromatic rings. The zero-order valence-corrected chi connectivity index (χ0v) is 15.0. The number of aromatic nitrogens is 2. The molecule has 0 bridgehead atoms. The van der Waals surface area contributed by atoms with Crippen LogP contribution < -0.4 is 0 Å².